The second kappa shape index (κ2) is 11.8. The Labute approximate surface area is 218 Å². The lowest BCUT2D eigenvalue weighted by molar-refractivity contribution is -0.123. The van der Waals surface area contributed by atoms with E-state index in [1.54, 1.807) is 54.6 Å². The molecule has 0 unspecified atom stereocenters. The van der Waals surface area contributed by atoms with Crippen LogP contribution in [0.5, 0.6) is 11.5 Å². The molecular weight excluding hydrogens is 500 g/mol. The summed E-state index contributed by atoms with van der Waals surface area (Å²) in [5, 5.41) is 3.07. The number of hydrogen-bond donors (Lipinski definition) is 1. The first-order valence-electron chi connectivity index (χ1n) is 11.1. The highest BCUT2D eigenvalue weighted by atomic mass is 35.5. The van der Waals surface area contributed by atoms with Gasteiger partial charge in [-0.15, -0.1) is 0 Å². The lowest BCUT2D eigenvalue weighted by atomic mass is 10.2. The van der Waals surface area contributed by atoms with Crippen LogP contribution in [0.1, 0.15) is 11.1 Å². The maximum atomic E-state index is 12.7. The van der Waals surface area contributed by atoms with Gasteiger partial charge in [-0.3, -0.25) is 19.3 Å². The molecule has 7 nitrogen and oxygen atoms in total. The fourth-order valence-corrected chi connectivity index (χ4v) is 4.33. The Morgan fingerprint density at radius 1 is 0.972 bits per heavy atom. The highest BCUT2D eigenvalue weighted by Crippen LogP contribution is 2.32. The Balaban J connectivity index is 1.28. The zero-order valence-electron chi connectivity index (χ0n) is 19.4. The molecule has 1 aliphatic heterocycles. The third-order valence-corrected chi connectivity index (χ3v) is 6.40. The Kier molecular flexibility index (Phi) is 8.30. The Morgan fingerprint density at radius 2 is 1.64 bits per heavy atom. The summed E-state index contributed by atoms with van der Waals surface area (Å²) in [6.45, 7) is 2.10. The lowest BCUT2D eigenvalue weighted by Gasteiger charge is -2.13. The van der Waals surface area contributed by atoms with E-state index in [1.165, 1.54) is 0 Å². The first-order valence-corrected chi connectivity index (χ1v) is 12.3. The number of anilines is 1. The van der Waals surface area contributed by atoms with Crippen molar-refractivity contribution in [2.24, 2.45) is 0 Å². The van der Waals surface area contributed by atoms with Crippen molar-refractivity contribution in [2.75, 3.05) is 25.1 Å². The fourth-order valence-electron chi connectivity index (χ4n) is 3.34. The molecule has 36 heavy (non-hydrogen) atoms. The summed E-state index contributed by atoms with van der Waals surface area (Å²) in [7, 11) is 0. The van der Waals surface area contributed by atoms with Gasteiger partial charge >= 0.3 is 0 Å². The van der Waals surface area contributed by atoms with Crippen molar-refractivity contribution in [3.05, 3.63) is 93.9 Å². The Morgan fingerprint density at radius 3 is 2.36 bits per heavy atom. The van der Waals surface area contributed by atoms with E-state index >= 15 is 0 Å². The number of aryl methyl sites for hydroxylation is 1. The Bertz CT molecular complexity index is 1290. The molecule has 0 aliphatic carbocycles. The quantitative estimate of drug-likeness (QED) is 0.358. The number of rotatable bonds is 9. The summed E-state index contributed by atoms with van der Waals surface area (Å²) < 4.78 is 11.1. The molecule has 1 fully saturated rings. The van der Waals surface area contributed by atoms with Gasteiger partial charge in [0.15, 0.2) is 6.61 Å². The summed E-state index contributed by atoms with van der Waals surface area (Å²) in [6.07, 6.45) is 1.65. The first kappa shape index (κ1) is 25.3. The third kappa shape index (κ3) is 6.68. The molecule has 1 heterocycles. The molecule has 1 N–H and O–H groups in total. The maximum Gasteiger partial charge on any atom is 0.293 e. The van der Waals surface area contributed by atoms with Crippen LogP contribution in [-0.2, 0) is 9.59 Å². The molecule has 0 radical (unpaired) electrons. The van der Waals surface area contributed by atoms with Crippen molar-refractivity contribution in [1.82, 2.24) is 4.90 Å². The predicted molar refractivity (Wildman–Crippen MR) is 141 cm³/mol. The van der Waals surface area contributed by atoms with Gasteiger partial charge in [0.05, 0.1) is 11.4 Å². The average Bonchev–Trinajstić information content (AvgIpc) is 3.13. The van der Waals surface area contributed by atoms with Crippen LogP contribution >= 0.6 is 23.4 Å². The summed E-state index contributed by atoms with van der Waals surface area (Å²) in [4.78, 5) is 38.7. The van der Waals surface area contributed by atoms with Gasteiger partial charge in [0.2, 0.25) is 0 Å². The number of halogens is 1. The number of carbonyl (C=O) groups is 3. The van der Waals surface area contributed by atoms with Crippen LogP contribution in [0.2, 0.25) is 5.02 Å². The summed E-state index contributed by atoms with van der Waals surface area (Å²) in [6, 6.07) is 21.3. The van der Waals surface area contributed by atoms with Crippen LogP contribution in [0.3, 0.4) is 0 Å². The topological polar surface area (TPSA) is 84.9 Å². The second-order valence-corrected chi connectivity index (χ2v) is 9.29. The maximum absolute atomic E-state index is 12.7. The van der Waals surface area contributed by atoms with Crippen molar-refractivity contribution in [2.45, 2.75) is 6.92 Å². The molecule has 4 rings (SSSR count). The average molecular weight is 523 g/mol. The van der Waals surface area contributed by atoms with Gasteiger partial charge in [0.1, 0.15) is 18.1 Å². The van der Waals surface area contributed by atoms with Crippen molar-refractivity contribution in [1.29, 1.82) is 0 Å². The van der Waals surface area contributed by atoms with Gasteiger partial charge in [-0.2, -0.15) is 0 Å². The first-order chi connectivity index (χ1) is 17.4. The number of nitrogens with one attached hydrogen (secondary N) is 1. The molecule has 0 aromatic heterocycles. The number of ether oxygens (including phenoxy) is 2. The standard InChI is InChI=1S/C27H23ClN2O5S/c1-18-4-2-3-5-23(18)29-25(31)17-35-22-10-6-19(7-11-22)16-24-26(32)30(27(33)36-24)14-15-34-21-12-8-20(28)9-13-21/h2-13,16H,14-15,17H2,1H3,(H,29,31)/b24-16-. The predicted octanol–water partition coefficient (Wildman–Crippen LogP) is 5.78. The van der Waals surface area contributed by atoms with E-state index in [4.69, 9.17) is 21.1 Å². The second-order valence-electron chi connectivity index (χ2n) is 7.86. The van der Waals surface area contributed by atoms with E-state index in [0.29, 0.717) is 21.4 Å². The molecule has 184 valence electrons. The highest BCUT2D eigenvalue weighted by molar-refractivity contribution is 8.18. The van der Waals surface area contributed by atoms with E-state index in [2.05, 4.69) is 5.32 Å². The third-order valence-electron chi connectivity index (χ3n) is 5.24. The van der Waals surface area contributed by atoms with Gasteiger partial charge in [-0.1, -0.05) is 41.9 Å². The molecule has 0 atom stereocenters. The largest absolute Gasteiger partial charge is 0.492 e. The monoisotopic (exact) mass is 522 g/mol. The van der Waals surface area contributed by atoms with Crippen LogP contribution < -0.4 is 14.8 Å². The number of nitrogens with zero attached hydrogens (tertiary/aromatic N) is 1. The minimum atomic E-state index is -0.363. The van der Waals surface area contributed by atoms with E-state index in [0.717, 1.165) is 33.5 Å². The molecule has 0 bridgehead atoms. The number of amides is 3. The molecule has 3 aromatic rings. The smallest absolute Gasteiger partial charge is 0.293 e. The minimum absolute atomic E-state index is 0.134. The molecule has 0 saturated carbocycles. The van der Waals surface area contributed by atoms with Crippen molar-refractivity contribution in [3.63, 3.8) is 0 Å². The van der Waals surface area contributed by atoms with E-state index in [-0.39, 0.29) is 36.8 Å². The number of para-hydroxylation sites is 1. The number of thioether (sulfide) groups is 1. The Hall–Kier alpha value is -3.75. The van der Waals surface area contributed by atoms with Crippen molar-refractivity contribution >= 4 is 52.2 Å². The summed E-state index contributed by atoms with van der Waals surface area (Å²) in [5.41, 5.74) is 2.44. The number of imide groups is 1. The van der Waals surface area contributed by atoms with Crippen LogP contribution in [0, 0.1) is 6.92 Å². The van der Waals surface area contributed by atoms with Crippen LogP contribution in [0.25, 0.3) is 6.08 Å². The summed E-state index contributed by atoms with van der Waals surface area (Å²) in [5.74, 6) is 0.497. The van der Waals surface area contributed by atoms with E-state index in [1.807, 2.05) is 31.2 Å². The van der Waals surface area contributed by atoms with E-state index < -0.39 is 0 Å². The molecule has 1 saturated heterocycles. The van der Waals surface area contributed by atoms with Crippen molar-refractivity contribution < 1.29 is 23.9 Å². The van der Waals surface area contributed by atoms with Gasteiger partial charge in [0, 0.05) is 10.7 Å². The lowest BCUT2D eigenvalue weighted by Crippen LogP contribution is -2.32. The van der Waals surface area contributed by atoms with Crippen LogP contribution in [0.4, 0.5) is 10.5 Å². The summed E-state index contributed by atoms with van der Waals surface area (Å²) >= 11 is 6.74. The fraction of sp³-hybridized carbons (Fsp3) is 0.148. The van der Waals surface area contributed by atoms with Gasteiger partial charge in [-0.25, -0.2) is 0 Å². The van der Waals surface area contributed by atoms with Gasteiger partial charge in [-0.05, 0) is 78.4 Å². The molecule has 3 aromatic carbocycles. The van der Waals surface area contributed by atoms with Crippen LogP contribution in [-0.4, -0.2) is 41.7 Å². The number of hydrogen-bond acceptors (Lipinski definition) is 6. The molecular formula is C27H23ClN2O5S. The van der Waals surface area contributed by atoms with Crippen molar-refractivity contribution in [3.8, 4) is 11.5 Å². The highest BCUT2D eigenvalue weighted by Gasteiger charge is 2.34. The van der Waals surface area contributed by atoms with Gasteiger partial charge in [0.25, 0.3) is 17.1 Å². The molecule has 0 spiro atoms. The molecule has 3 amide bonds. The SMILES string of the molecule is Cc1ccccc1NC(=O)COc1ccc(/C=C2\SC(=O)N(CCOc3ccc(Cl)cc3)C2=O)cc1. The van der Waals surface area contributed by atoms with Crippen LogP contribution in [0.15, 0.2) is 77.7 Å². The molecule has 9 heteroatoms. The minimum Gasteiger partial charge on any atom is -0.492 e. The van der Waals surface area contributed by atoms with E-state index in [9.17, 15) is 14.4 Å². The number of benzene rings is 3. The molecule has 1 aliphatic rings. The normalized spacial score (nSPS) is 14.3. The zero-order valence-corrected chi connectivity index (χ0v) is 21.0. The zero-order chi connectivity index (χ0) is 25.5. The van der Waals surface area contributed by atoms with Gasteiger partial charge < -0.3 is 14.8 Å². The number of carbonyl (C=O) groups excluding carboxylic acids is 3.